The largest absolute Gasteiger partial charge is 0.375 e. The molecule has 0 unspecified atom stereocenters. The summed E-state index contributed by atoms with van der Waals surface area (Å²) in [4.78, 5) is 13.0. The number of rotatable bonds is 6. The SMILES string of the molecule is CN(CCCn1cccc1C=O)c1ccccc1. The van der Waals surface area contributed by atoms with E-state index in [1.54, 1.807) is 0 Å². The Hall–Kier alpha value is -2.03. The van der Waals surface area contributed by atoms with E-state index >= 15 is 0 Å². The molecule has 1 aromatic heterocycles. The summed E-state index contributed by atoms with van der Waals surface area (Å²) in [5.41, 5.74) is 1.97. The van der Waals surface area contributed by atoms with Crippen LogP contribution >= 0.6 is 0 Å². The standard InChI is InChI=1S/C15H18N2O/c1-16(14-7-3-2-4-8-14)10-6-12-17-11-5-9-15(17)13-18/h2-5,7-9,11,13H,6,10,12H2,1H3. The van der Waals surface area contributed by atoms with Crippen molar-refractivity contribution in [1.82, 2.24) is 4.57 Å². The van der Waals surface area contributed by atoms with Crippen molar-refractivity contribution in [2.75, 3.05) is 18.5 Å². The highest BCUT2D eigenvalue weighted by molar-refractivity contribution is 5.72. The summed E-state index contributed by atoms with van der Waals surface area (Å²) in [5, 5.41) is 0. The average molecular weight is 242 g/mol. The number of para-hydroxylation sites is 1. The predicted molar refractivity (Wildman–Crippen MR) is 74.1 cm³/mol. The number of carbonyl (C=O) groups excluding carboxylic acids is 1. The third-order valence-corrected chi connectivity index (χ3v) is 3.07. The Bertz CT molecular complexity index is 490. The molecule has 2 rings (SSSR count). The normalized spacial score (nSPS) is 10.3. The van der Waals surface area contributed by atoms with E-state index in [0.717, 1.165) is 31.5 Å². The van der Waals surface area contributed by atoms with Crippen LogP contribution in [0.3, 0.4) is 0 Å². The van der Waals surface area contributed by atoms with Crippen molar-refractivity contribution in [3.8, 4) is 0 Å². The van der Waals surface area contributed by atoms with Crippen molar-refractivity contribution < 1.29 is 4.79 Å². The van der Waals surface area contributed by atoms with Crippen molar-refractivity contribution in [2.24, 2.45) is 0 Å². The zero-order valence-electron chi connectivity index (χ0n) is 10.6. The van der Waals surface area contributed by atoms with E-state index in [0.29, 0.717) is 0 Å². The third-order valence-electron chi connectivity index (χ3n) is 3.07. The summed E-state index contributed by atoms with van der Waals surface area (Å²) in [6.45, 7) is 1.85. The second kappa shape index (κ2) is 6.05. The number of anilines is 1. The van der Waals surface area contributed by atoms with E-state index in [1.165, 1.54) is 5.69 Å². The Morgan fingerprint density at radius 1 is 1.17 bits per heavy atom. The topological polar surface area (TPSA) is 25.2 Å². The molecule has 0 fully saturated rings. The quantitative estimate of drug-likeness (QED) is 0.728. The Morgan fingerprint density at radius 2 is 1.94 bits per heavy atom. The van der Waals surface area contributed by atoms with Crippen LogP contribution in [0.5, 0.6) is 0 Å². The van der Waals surface area contributed by atoms with E-state index in [-0.39, 0.29) is 0 Å². The zero-order chi connectivity index (χ0) is 12.8. The fraction of sp³-hybridized carbons (Fsp3) is 0.267. The fourth-order valence-electron chi connectivity index (χ4n) is 2.03. The van der Waals surface area contributed by atoms with Gasteiger partial charge in [0.25, 0.3) is 0 Å². The Balaban J connectivity index is 1.84. The summed E-state index contributed by atoms with van der Waals surface area (Å²) in [5.74, 6) is 0. The molecule has 0 saturated heterocycles. The number of benzene rings is 1. The molecule has 0 aliphatic carbocycles. The summed E-state index contributed by atoms with van der Waals surface area (Å²) < 4.78 is 1.99. The molecule has 1 aromatic carbocycles. The van der Waals surface area contributed by atoms with Gasteiger partial charge in [-0.25, -0.2) is 0 Å². The van der Waals surface area contributed by atoms with Crippen molar-refractivity contribution >= 4 is 12.0 Å². The van der Waals surface area contributed by atoms with Gasteiger partial charge in [-0.2, -0.15) is 0 Å². The maximum absolute atomic E-state index is 10.8. The van der Waals surface area contributed by atoms with Gasteiger partial charge >= 0.3 is 0 Å². The molecule has 0 bridgehead atoms. The highest BCUT2D eigenvalue weighted by Gasteiger charge is 2.01. The lowest BCUT2D eigenvalue weighted by Crippen LogP contribution is -2.19. The molecule has 3 heteroatoms. The Kier molecular flexibility index (Phi) is 4.18. The minimum absolute atomic E-state index is 0.748. The number of carbonyl (C=O) groups is 1. The van der Waals surface area contributed by atoms with E-state index < -0.39 is 0 Å². The van der Waals surface area contributed by atoms with Gasteiger partial charge in [0.1, 0.15) is 0 Å². The molecule has 0 amide bonds. The van der Waals surface area contributed by atoms with Gasteiger partial charge in [-0.1, -0.05) is 18.2 Å². The van der Waals surface area contributed by atoms with Gasteiger partial charge in [-0.05, 0) is 30.7 Å². The molecule has 0 atom stereocenters. The monoisotopic (exact) mass is 242 g/mol. The van der Waals surface area contributed by atoms with Crippen LogP contribution in [0.15, 0.2) is 48.7 Å². The van der Waals surface area contributed by atoms with Gasteiger partial charge < -0.3 is 9.47 Å². The number of hydrogen-bond donors (Lipinski definition) is 0. The molecule has 0 aliphatic rings. The smallest absolute Gasteiger partial charge is 0.166 e. The summed E-state index contributed by atoms with van der Waals surface area (Å²) in [6.07, 6.45) is 3.87. The Morgan fingerprint density at radius 3 is 2.67 bits per heavy atom. The second-order valence-electron chi connectivity index (χ2n) is 4.35. The average Bonchev–Trinajstić information content (AvgIpc) is 2.87. The van der Waals surface area contributed by atoms with E-state index in [2.05, 4.69) is 24.1 Å². The number of nitrogens with zero attached hydrogens (tertiary/aromatic N) is 2. The molecule has 94 valence electrons. The first-order valence-corrected chi connectivity index (χ1v) is 6.18. The molecular weight excluding hydrogens is 224 g/mol. The van der Waals surface area contributed by atoms with Gasteiger partial charge in [0.2, 0.25) is 0 Å². The highest BCUT2D eigenvalue weighted by Crippen LogP contribution is 2.11. The van der Waals surface area contributed by atoms with Gasteiger partial charge in [0, 0.05) is 32.0 Å². The minimum Gasteiger partial charge on any atom is -0.375 e. The first-order valence-electron chi connectivity index (χ1n) is 6.18. The van der Waals surface area contributed by atoms with Crippen LogP contribution in [0.1, 0.15) is 16.9 Å². The Labute approximate surface area is 108 Å². The maximum atomic E-state index is 10.8. The van der Waals surface area contributed by atoms with Gasteiger partial charge in [0.05, 0.1) is 5.69 Å². The number of hydrogen-bond acceptors (Lipinski definition) is 2. The summed E-state index contributed by atoms with van der Waals surface area (Å²) in [6, 6.07) is 14.1. The maximum Gasteiger partial charge on any atom is 0.166 e. The molecule has 0 spiro atoms. The van der Waals surface area contributed by atoms with Gasteiger partial charge in [0.15, 0.2) is 6.29 Å². The molecule has 1 heterocycles. The lowest BCUT2D eigenvalue weighted by molar-refractivity contribution is 0.111. The molecule has 0 N–H and O–H groups in total. The van der Waals surface area contributed by atoms with Crippen LogP contribution in [0, 0.1) is 0 Å². The van der Waals surface area contributed by atoms with Crippen molar-refractivity contribution in [3.63, 3.8) is 0 Å². The molecule has 3 nitrogen and oxygen atoms in total. The van der Waals surface area contributed by atoms with Crippen molar-refractivity contribution in [3.05, 3.63) is 54.4 Å². The summed E-state index contributed by atoms with van der Waals surface area (Å²) >= 11 is 0. The first-order chi connectivity index (χ1) is 8.81. The van der Waals surface area contributed by atoms with E-state index in [9.17, 15) is 4.79 Å². The molecule has 0 saturated carbocycles. The zero-order valence-corrected chi connectivity index (χ0v) is 10.6. The molecule has 0 radical (unpaired) electrons. The molecule has 18 heavy (non-hydrogen) atoms. The molecule has 2 aromatic rings. The van der Waals surface area contributed by atoms with Crippen molar-refractivity contribution in [1.29, 1.82) is 0 Å². The number of aldehydes is 1. The van der Waals surface area contributed by atoms with Crippen LogP contribution in [0.2, 0.25) is 0 Å². The second-order valence-corrected chi connectivity index (χ2v) is 4.35. The fourth-order valence-corrected chi connectivity index (χ4v) is 2.03. The van der Waals surface area contributed by atoms with Crippen LogP contribution in [0.4, 0.5) is 5.69 Å². The predicted octanol–water partition coefficient (Wildman–Crippen LogP) is 2.83. The van der Waals surface area contributed by atoms with Crippen molar-refractivity contribution in [2.45, 2.75) is 13.0 Å². The lowest BCUT2D eigenvalue weighted by Gasteiger charge is -2.19. The van der Waals surface area contributed by atoms with E-state index in [4.69, 9.17) is 0 Å². The van der Waals surface area contributed by atoms with Gasteiger partial charge in [-0.3, -0.25) is 4.79 Å². The number of aryl methyl sites for hydroxylation is 1. The van der Waals surface area contributed by atoms with Gasteiger partial charge in [-0.15, -0.1) is 0 Å². The summed E-state index contributed by atoms with van der Waals surface area (Å²) in [7, 11) is 2.09. The first kappa shape index (κ1) is 12.4. The molecule has 0 aliphatic heterocycles. The van der Waals surface area contributed by atoms with Crippen LogP contribution < -0.4 is 4.90 Å². The van der Waals surface area contributed by atoms with Crippen LogP contribution in [-0.4, -0.2) is 24.4 Å². The molecular formula is C15H18N2O. The van der Waals surface area contributed by atoms with Crippen LogP contribution in [-0.2, 0) is 6.54 Å². The van der Waals surface area contributed by atoms with Crippen LogP contribution in [0.25, 0.3) is 0 Å². The number of aromatic nitrogens is 1. The minimum atomic E-state index is 0.748. The lowest BCUT2D eigenvalue weighted by atomic mass is 10.3. The van der Waals surface area contributed by atoms with E-state index in [1.807, 2.05) is 41.1 Å². The highest BCUT2D eigenvalue weighted by atomic mass is 16.1. The third kappa shape index (κ3) is 3.00.